The number of nitrogens with zero attached hydrogens (tertiary/aromatic N) is 3. The molecule has 1 saturated heterocycles. The highest BCUT2D eigenvalue weighted by Gasteiger charge is 2.31. The van der Waals surface area contributed by atoms with E-state index in [0.29, 0.717) is 37.7 Å². The molecule has 0 aliphatic carbocycles. The van der Waals surface area contributed by atoms with E-state index in [0.717, 1.165) is 18.7 Å². The molecule has 0 aromatic heterocycles. The summed E-state index contributed by atoms with van der Waals surface area (Å²) in [5.41, 5.74) is 2.47. The first kappa shape index (κ1) is 24.3. The number of carbonyl (C=O) groups is 1. The van der Waals surface area contributed by atoms with Gasteiger partial charge in [-0.1, -0.05) is 6.07 Å². The van der Waals surface area contributed by atoms with Gasteiger partial charge >= 0.3 is 0 Å². The second-order valence-electron chi connectivity index (χ2n) is 8.40. The molecule has 0 spiro atoms. The Morgan fingerprint density at radius 2 is 1.59 bits per heavy atom. The van der Waals surface area contributed by atoms with Crippen LogP contribution in [0.2, 0.25) is 0 Å². The van der Waals surface area contributed by atoms with E-state index in [1.54, 1.807) is 18.1 Å². The highest BCUT2D eigenvalue weighted by molar-refractivity contribution is 7.89. The van der Waals surface area contributed by atoms with Crippen molar-refractivity contribution in [2.75, 3.05) is 60.6 Å². The molecule has 0 radical (unpaired) electrons. The smallest absolute Gasteiger partial charge is 0.243 e. The van der Waals surface area contributed by atoms with Crippen molar-refractivity contribution in [3.05, 3.63) is 47.5 Å². The molecule has 2 aliphatic rings. The van der Waals surface area contributed by atoms with Crippen molar-refractivity contribution >= 4 is 15.9 Å². The van der Waals surface area contributed by atoms with E-state index in [1.165, 1.54) is 41.8 Å². The van der Waals surface area contributed by atoms with E-state index in [2.05, 4.69) is 11.0 Å². The standard InChI is InChI=1S/C24H31N3O6S/c1-31-20-5-4-18-8-9-25(16-19(18)14-20)17-24(28)26-10-12-27(13-11-26)34(29,30)21-6-7-22(32-2)23(15-21)33-3/h4-7,14-15H,8-13,16-17H2,1-3H3. The number of hydrogen-bond acceptors (Lipinski definition) is 7. The van der Waals surface area contributed by atoms with Crippen LogP contribution in [0.3, 0.4) is 0 Å². The second kappa shape index (κ2) is 10.2. The number of fused-ring (bicyclic) bond motifs is 1. The maximum Gasteiger partial charge on any atom is 0.243 e. The van der Waals surface area contributed by atoms with Crippen molar-refractivity contribution in [3.63, 3.8) is 0 Å². The lowest BCUT2D eigenvalue weighted by Crippen LogP contribution is -2.52. The van der Waals surface area contributed by atoms with Crippen molar-refractivity contribution in [3.8, 4) is 17.2 Å². The van der Waals surface area contributed by atoms with E-state index < -0.39 is 10.0 Å². The van der Waals surface area contributed by atoms with E-state index in [-0.39, 0.29) is 23.9 Å². The van der Waals surface area contributed by atoms with Crippen LogP contribution < -0.4 is 14.2 Å². The number of ether oxygens (including phenoxy) is 3. The molecule has 184 valence electrons. The zero-order chi connectivity index (χ0) is 24.3. The molecule has 2 aliphatic heterocycles. The van der Waals surface area contributed by atoms with Crippen LogP contribution in [0.1, 0.15) is 11.1 Å². The monoisotopic (exact) mass is 489 g/mol. The largest absolute Gasteiger partial charge is 0.497 e. The van der Waals surface area contributed by atoms with Crippen LogP contribution >= 0.6 is 0 Å². The first-order valence-electron chi connectivity index (χ1n) is 11.2. The zero-order valence-corrected chi connectivity index (χ0v) is 20.6. The maximum absolute atomic E-state index is 13.1. The number of piperazine rings is 1. The Balaban J connectivity index is 1.35. The van der Waals surface area contributed by atoms with E-state index >= 15 is 0 Å². The molecular weight excluding hydrogens is 458 g/mol. The fourth-order valence-corrected chi connectivity index (χ4v) is 5.89. The molecule has 0 unspecified atom stereocenters. The molecule has 10 heteroatoms. The van der Waals surface area contributed by atoms with Crippen LogP contribution in [-0.2, 0) is 27.8 Å². The van der Waals surface area contributed by atoms with Gasteiger partial charge < -0.3 is 19.1 Å². The minimum absolute atomic E-state index is 0.0227. The van der Waals surface area contributed by atoms with Crippen LogP contribution in [-0.4, -0.2) is 89.0 Å². The van der Waals surface area contributed by atoms with Gasteiger partial charge in [-0.25, -0.2) is 8.42 Å². The first-order chi connectivity index (χ1) is 16.3. The lowest BCUT2D eigenvalue weighted by Gasteiger charge is -2.36. The van der Waals surface area contributed by atoms with Gasteiger partial charge in [-0.2, -0.15) is 4.31 Å². The Bertz CT molecular complexity index is 1150. The Labute approximate surface area is 200 Å². The van der Waals surface area contributed by atoms with E-state index in [4.69, 9.17) is 14.2 Å². The van der Waals surface area contributed by atoms with Crippen LogP contribution in [0, 0.1) is 0 Å². The van der Waals surface area contributed by atoms with Crippen LogP contribution in [0.4, 0.5) is 0 Å². The van der Waals surface area contributed by atoms with Gasteiger partial charge in [0.05, 0.1) is 32.8 Å². The maximum atomic E-state index is 13.1. The highest BCUT2D eigenvalue weighted by Crippen LogP contribution is 2.31. The number of rotatable bonds is 7. The molecule has 2 aromatic carbocycles. The Kier molecular flexibility index (Phi) is 7.30. The third kappa shape index (κ3) is 4.98. The summed E-state index contributed by atoms with van der Waals surface area (Å²) in [6.07, 6.45) is 0.893. The van der Waals surface area contributed by atoms with Gasteiger partial charge in [-0.3, -0.25) is 9.69 Å². The lowest BCUT2D eigenvalue weighted by molar-refractivity contribution is -0.133. The van der Waals surface area contributed by atoms with Gasteiger partial charge in [0.25, 0.3) is 0 Å². The molecule has 1 fully saturated rings. The Hall–Kier alpha value is -2.82. The SMILES string of the molecule is COc1ccc2c(c1)CN(CC(=O)N1CCN(S(=O)(=O)c3ccc(OC)c(OC)c3)CC1)CC2. The minimum atomic E-state index is -3.70. The normalized spacial score (nSPS) is 17.2. The summed E-state index contributed by atoms with van der Waals surface area (Å²) in [5, 5.41) is 0. The van der Waals surface area contributed by atoms with Crippen molar-refractivity contribution in [1.29, 1.82) is 0 Å². The number of sulfonamides is 1. The average molecular weight is 490 g/mol. The third-order valence-electron chi connectivity index (χ3n) is 6.45. The van der Waals surface area contributed by atoms with Gasteiger partial charge in [-0.05, 0) is 41.8 Å². The van der Waals surface area contributed by atoms with Crippen molar-refractivity contribution in [2.45, 2.75) is 17.9 Å². The van der Waals surface area contributed by atoms with Crippen LogP contribution in [0.25, 0.3) is 0 Å². The van der Waals surface area contributed by atoms with Gasteiger partial charge in [0.2, 0.25) is 15.9 Å². The van der Waals surface area contributed by atoms with Crippen molar-refractivity contribution in [2.24, 2.45) is 0 Å². The number of amides is 1. The third-order valence-corrected chi connectivity index (χ3v) is 8.34. The van der Waals surface area contributed by atoms with Crippen LogP contribution in [0.15, 0.2) is 41.3 Å². The van der Waals surface area contributed by atoms with Gasteiger partial charge in [0.1, 0.15) is 5.75 Å². The molecule has 2 heterocycles. The summed E-state index contributed by atoms with van der Waals surface area (Å²) in [4.78, 5) is 17.0. The average Bonchev–Trinajstić information content (AvgIpc) is 2.87. The molecular formula is C24H31N3O6S. The van der Waals surface area contributed by atoms with E-state index in [1.807, 2.05) is 12.1 Å². The molecule has 0 N–H and O–H groups in total. The Morgan fingerprint density at radius 1 is 0.853 bits per heavy atom. The summed E-state index contributed by atoms with van der Waals surface area (Å²) in [7, 11) is 0.921. The van der Waals surface area contributed by atoms with Gasteiger partial charge in [0.15, 0.2) is 11.5 Å². The molecule has 0 saturated carbocycles. The highest BCUT2D eigenvalue weighted by atomic mass is 32.2. The topological polar surface area (TPSA) is 88.6 Å². The second-order valence-corrected chi connectivity index (χ2v) is 10.3. The summed E-state index contributed by atoms with van der Waals surface area (Å²) in [5.74, 6) is 1.67. The minimum Gasteiger partial charge on any atom is -0.497 e. The fraction of sp³-hybridized carbons (Fsp3) is 0.458. The summed E-state index contributed by atoms with van der Waals surface area (Å²) >= 11 is 0. The summed E-state index contributed by atoms with van der Waals surface area (Å²) in [6.45, 7) is 3.07. The quantitative estimate of drug-likeness (QED) is 0.584. The Morgan fingerprint density at radius 3 is 2.26 bits per heavy atom. The lowest BCUT2D eigenvalue weighted by atomic mass is 9.99. The predicted octanol–water partition coefficient (Wildman–Crippen LogP) is 1.60. The molecule has 0 bridgehead atoms. The number of methoxy groups -OCH3 is 3. The van der Waals surface area contributed by atoms with Crippen LogP contribution in [0.5, 0.6) is 17.2 Å². The first-order valence-corrected chi connectivity index (χ1v) is 12.7. The molecule has 9 nitrogen and oxygen atoms in total. The molecule has 0 atom stereocenters. The predicted molar refractivity (Wildman–Crippen MR) is 127 cm³/mol. The molecule has 1 amide bonds. The summed E-state index contributed by atoms with van der Waals surface area (Å²) in [6, 6.07) is 10.6. The molecule has 4 rings (SSSR count). The zero-order valence-electron chi connectivity index (χ0n) is 19.8. The number of benzene rings is 2. The van der Waals surface area contributed by atoms with Crippen molar-refractivity contribution < 1.29 is 27.4 Å². The van der Waals surface area contributed by atoms with E-state index in [9.17, 15) is 13.2 Å². The number of hydrogen-bond donors (Lipinski definition) is 0. The van der Waals surface area contributed by atoms with Crippen molar-refractivity contribution in [1.82, 2.24) is 14.1 Å². The summed E-state index contributed by atoms with van der Waals surface area (Å²) < 4.78 is 43.4. The molecule has 2 aromatic rings. The van der Waals surface area contributed by atoms with Gasteiger partial charge in [0, 0.05) is 45.3 Å². The van der Waals surface area contributed by atoms with Gasteiger partial charge in [-0.15, -0.1) is 0 Å². The molecule has 34 heavy (non-hydrogen) atoms. The number of carbonyl (C=O) groups excluding carboxylic acids is 1. The fourth-order valence-electron chi connectivity index (χ4n) is 4.45.